The van der Waals surface area contributed by atoms with E-state index >= 15 is 0 Å². The number of carbonyl (C=O) groups is 1. The lowest BCUT2D eigenvalue weighted by molar-refractivity contribution is -0.124. The number of hydrogen-bond acceptors (Lipinski definition) is 2. The van der Waals surface area contributed by atoms with Crippen LogP contribution in [0, 0.1) is 5.92 Å². The number of nitrogens with zero attached hydrogens (tertiary/aromatic N) is 1. The SMILES string of the molecule is CC(C)C1CCCN1C1CCCCCC1=O. The molecule has 0 N–H and O–H groups in total. The molecule has 1 heterocycles. The van der Waals surface area contributed by atoms with E-state index in [2.05, 4.69) is 18.7 Å². The van der Waals surface area contributed by atoms with Gasteiger partial charge in [-0.1, -0.05) is 26.7 Å². The van der Waals surface area contributed by atoms with Gasteiger partial charge >= 0.3 is 0 Å². The molecule has 1 saturated heterocycles. The maximum Gasteiger partial charge on any atom is 0.149 e. The van der Waals surface area contributed by atoms with Crippen molar-refractivity contribution in [1.29, 1.82) is 0 Å². The molecule has 2 aliphatic rings. The van der Waals surface area contributed by atoms with Crippen molar-refractivity contribution >= 4 is 5.78 Å². The van der Waals surface area contributed by atoms with Crippen LogP contribution in [0.2, 0.25) is 0 Å². The van der Waals surface area contributed by atoms with Crippen molar-refractivity contribution in [2.75, 3.05) is 6.54 Å². The van der Waals surface area contributed by atoms with E-state index in [1.165, 1.54) is 25.7 Å². The lowest BCUT2D eigenvalue weighted by atomic mass is 9.98. The summed E-state index contributed by atoms with van der Waals surface area (Å²) in [6, 6.07) is 0.921. The quantitative estimate of drug-likeness (QED) is 0.671. The van der Waals surface area contributed by atoms with E-state index in [4.69, 9.17) is 0 Å². The van der Waals surface area contributed by atoms with Gasteiger partial charge in [0.2, 0.25) is 0 Å². The topological polar surface area (TPSA) is 20.3 Å². The zero-order chi connectivity index (χ0) is 11.5. The van der Waals surface area contributed by atoms with E-state index in [0.717, 1.165) is 25.8 Å². The fraction of sp³-hybridized carbons (Fsp3) is 0.929. The van der Waals surface area contributed by atoms with Gasteiger partial charge < -0.3 is 0 Å². The van der Waals surface area contributed by atoms with E-state index < -0.39 is 0 Å². The molecular weight excluding hydrogens is 198 g/mol. The zero-order valence-electron chi connectivity index (χ0n) is 10.7. The number of likely N-dealkylation sites (tertiary alicyclic amines) is 1. The monoisotopic (exact) mass is 223 g/mol. The van der Waals surface area contributed by atoms with Crippen LogP contribution >= 0.6 is 0 Å². The first kappa shape index (κ1) is 12.1. The predicted molar refractivity (Wildman–Crippen MR) is 66.4 cm³/mol. The second kappa shape index (κ2) is 5.31. The van der Waals surface area contributed by atoms with E-state index in [-0.39, 0.29) is 6.04 Å². The van der Waals surface area contributed by atoms with Crippen LogP contribution in [0.1, 0.15) is 58.8 Å². The smallest absolute Gasteiger partial charge is 0.149 e. The minimum absolute atomic E-state index is 0.261. The average Bonchev–Trinajstić information content (AvgIpc) is 2.63. The third kappa shape index (κ3) is 2.48. The molecule has 0 amide bonds. The van der Waals surface area contributed by atoms with Crippen LogP contribution in [-0.4, -0.2) is 29.3 Å². The standard InChI is InChI=1S/C14H25NO/c1-11(2)12-8-6-10-15(12)13-7-4-3-5-9-14(13)16/h11-13H,3-10H2,1-2H3. The Hall–Kier alpha value is -0.370. The molecular formula is C14H25NO. The Balaban J connectivity index is 2.06. The van der Waals surface area contributed by atoms with Crippen LogP contribution in [0.4, 0.5) is 0 Å². The largest absolute Gasteiger partial charge is 0.298 e. The van der Waals surface area contributed by atoms with Gasteiger partial charge in [0.05, 0.1) is 6.04 Å². The van der Waals surface area contributed by atoms with Crippen LogP contribution in [0.15, 0.2) is 0 Å². The molecule has 2 rings (SSSR count). The summed E-state index contributed by atoms with van der Waals surface area (Å²) in [7, 11) is 0. The van der Waals surface area contributed by atoms with Crippen molar-refractivity contribution in [1.82, 2.24) is 4.90 Å². The molecule has 92 valence electrons. The Morgan fingerprint density at radius 3 is 2.69 bits per heavy atom. The number of ketones is 1. The molecule has 0 aromatic heterocycles. The second-order valence-electron chi connectivity index (χ2n) is 5.77. The van der Waals surface area contributed by atoms with Gasteiger partial charge in [-0.15, -0.1) is 0 Å². The van der Waals surface area contributed by atoms with Gasteiger partial charge in [-0.3, -0.25) is 9.69 Å². The molecule has 2 atom stereocenters. The summed E-state index contributed by atoms with van der Waals surface area (Å²) in [5.74, 6) is 1.21. The summed E-state index contributed by atoms with van der Waals surface area (Å²) in [5, 5.41) is 0. The maximum atomic E-state index is 12.1. The normalized spacial score (nSPS) is 33.3. The molecule has 1 aliphatic carbocycles. The van der Waals surface area contributed by atoms with E-state index in [0.29, 0.717) is 17.7 Å². The summed E-state index contributed by atoms with van der Waals surface area (Å²) < 4.78 is 0. The highest BCUT2D eigenvalue weighted by Gasteiger charge is 2.35. The van der Waals surface area contributed by atoms with Gasteiger partial charge in [-0.2, -0.15) is 0 Å². The molecule has 1 aliphatic heterocycles. The van der Waals surface area contributed by atoms with E-state index in [1.807, 2.05) is 0 Å². The molecule has 2 heteroatoms. The highest BCUT2D eigenvalue weighted by atomic mass is 16.1. The van der Waals surface area contributed by atoms with Crippen molar-refractivity contribution in [3.8, 4) is 0 Å². The highest BCUT2D eigenvalue weighted by molar-refractivity contribution is 5.84. The van der Waals surface area contributed by atoms with E-state index in [9.17, 15) is 4.79 Å². The van der Waals surface area contributed by atoms with Crippen molar-refractivity contribution in [2.45, 2.75) is 70.9 Å². The minimum Gasteiger partial charge on any atom is -0.298 e. The first-order chi connectivity index (χ1) is 7.70. The Morgan fingerprint density at radius 1 is 1.12 bits per heavy atom. The van der Waals surface area contributed by atoms with Crippen molar-refractivity contribution in [3.63, 3.8) is 0 Å². The van der Waals surface area contributed by atoms with Crippen LogP contribution in [-0.2, 0) is 4.79 Å². The predicted octanol–water partition coefficient (Wildman–Crippen LogP) is 3.01. The van der Waals surface area contributed by atoms with Crippen molar-refractivity contribution < 1.29 is 4.79 Å². The van der Waals surface area contributed by atoms with Crippen LogP contribution in [0.5, 0.6) is 0 Å². The zero-order valence-corrected chi connectivity index (χ0v) is 10.7. The lowest BCUT2D eigenvalue weighted by Crippen LogP contribution is -2.45. The van der Waals surface area contributed by atoms with Crippen LogP contribution < -0.4 is 0 Å². The number of Topliss-reactive ketones (excluding diaryl/α,β-unsaturated/α-hetero) is 1. The molecule has 0 aromatic carbocycles. The van der Waals surface area contributed by atoms with Gasteiger partial charge in [0, 0.05) is 12.5 Å². The molecule has 2 unspecified atom stereocenters. The molecule has 2 fully saturated rings. The summed E-state index contributed by atoms with van der Waals surface area (Å²) in [6.07, 6.45) is 8.14. The van der Waals surface area contributed by atoms with Crippen LogP contribution in [0.25, 0.3) is 0 Å². The highest BCUT2D eigenvalue weighted by Crippen LogP contribution is 2.30. The lowest BCUT2D eigenvalue weighted by Gasteiger charge is -2.33. The Morgan fingerprint density at radius 2 is 1.94 bits per heavy atom. The fourth-order valence-corrected chi connectivity index (χ4v) is 3.41. The summed E-state index contributed by atoms with van der Waals surface area (Å²) in [4.78, 5) is 14.7. The molecule has 2 nitrogen and oxygen atoms in total. The van der Waals surface area contributed by atoms with Gasteiger partial charge in [0.1, 0.15) is 5.78 Å². The summed E-state index contributed by atoms with van der Waals surface area (Å²) >= 11 is 0. The molecule has 1 saturated carbocycles. The Labute approximate surface area is 99.4 Å². The van der Waals surface area contributed by atoms with Crippen molar-refractivity contribution in [2.24, 2.45) is 5.92 Å². The maximum absolute atomic E-state index is 12.1. The summed E-state index contributed by atoms with van der Waals surface area (Å²) in [5.41, 5.74) is 0. The average molecular weight is 223 g/mol. The number of hydrogen-bond donors (Lipinski definition) is 0. The van der Waals surface area contributed by atoms with Gasteiger partial charge in [0.15, 0.2) is 0 Å². The minimum atomic E-state index is 0.261. The van der Waals surface area contributed by atoms with Gasteiger partial charge in [-0.25, -0.2) is 0 Å². The Kier molecular flexibility index (Phi) is 4.01. The first-order valence-corrected chi connectivity index (χ1v) is 6.98. The second-order valence-corrected chi connectivity index (χ2v) is 5.77. The molecule has 0 spiro atoms. The van der Waals surface area contributed by atoms with E-state index in [1.54, 1.807) is 0 Å². The molecule has 0 aromatic rings. The molecule has 0 bridgehead atoms. The number of carbonyl (C=O) groups excluding carboxylic acids is 1. The Bertz CT molecular complexity index is 249. The fourth-order valence-electron chi connectivity index (χ4n) is 3.41. The third-order valence-electron chi connectivity index (χ3n) is 4.28. The number of rotatable bonds is 2. The van der Waals surface area contributed by atoms with Gasteiger partial charge in [-0.05, 0) is 38.1 Å². The summed E-state index contributed by atoms with van der Waals surface area (Å²) in [6.45, 7) is 5.74. The van der Waals surface area contributed by atoms with Crippen molar-refractivity contribution in [3.05, 3.63) is 0 Å². The molecule has 16 heavy (non-hydrogen) atoms. The molecule has 0 radical (unpaired) electrons. The third-order valence-corrected chi connectivity index (χ3v) is 4.28. The first-order valence-electron chi connectivity index (χ1n) is 6.98. The van der Waals surface area contributed by atoms with Crippen LogP contribution in [0.3, 0.4) is 0 Å². The van der Waals surface area contributed by atoms with Gasteiger partial charge in [0.25, 0.3) is 0 Å².